The van der Waals surface area contributed by atoms with E-state index in [0.717, 1.165) is 21.4 Å². The summed E-state index contributed by atoms with van der Waals surface area (Å²) < 4.78 is 6.03. The fraction of sp³-hybridized carbons (Fsp3) is 0.200. The Morgan fingerprint density at radius 1 is 1.06 bits per heavy atom. The summed E-state index contributed by atoms with van der Waals surface area (Å²) in [6, 6.07) is 9.11. The maximum atomic E-state index is 12.6. The molecule has 1 N–H and O–H groups in total. The molecular formula is C20H18BrCl2N7O. The van der Waals surface area contributed by atoms with E-state index in [1.54, 1.807) is 32.5 Å². The number of benzene rings is 1. The molecule has 3 heterocycles. The Labute approximate surface area is 196 Å². The molecule has 11 heteroatoms. The Kier molecular flexibility index (Phi) is 6.17. The van der Waals surface area contributed by atoms with Gasteiger partial charge in [0.2, 0.25) is 0 Å². The van der Waals surface area contributed by atoms with Crippen molar-refractivity contribution in [2.45, 2.75) is 27.1 Å². The van der Waals surface area contributed by atoms with Crippen LogP contribution < -0.4 is 5.32 Å². The number of anilines is 1. The fourth-order valence-corrected chi connectivity index (χ4v) is 3.72. The smallest absolute Gasteiger partial charge is 0.277 e. The van der Waals surface area contributed by atoms with Gasteiger partial charge in [-0.3, -0.25) is 14.2 Å². The van der Waals surface area contributed by atoms with Crippen molar-refractivity contribution in [2.24, 2.45) is 0 Å². The number of rotatable bonds is 6. The predicted octanol–water partition coefficient (Wildman–Crippen LogP) is 4.77. The van der Waals surface area contributed by atoms with Crippen molar-refractivity contribution in [1.29, 1.82) is 0 Å². The monoisotopic (exact) mass is 521 g/mol. The first-order valence-electron chi connectivity index (χ1n) is 9.32. The molecule has 160 valence electrons. The number of hydrogen-bond donors (Lipinski definition) is 1. The first kappa shape index (κ1) is 21.6. The summed E-state index contributed by atoms with van der Waals surface area (Å²) in [4.78, 5) is 12.6. The van der Waals surface area contributed by atoms with Crippen LogP contribution in [0.3, 0.4) is 0 Å². The zero-order valence-electron chi connectivity index (χ0n) is 16.7. The van der Waals surface area contributed by atoms with Gasteiger partial charge in [-0.25, -0.2) is 4.68 Å². The highest BCUT2D eigenvalue weighted by Gasteiger charge is 2.16. The second-order valence-electron chi connectivity index (χ2n) is 6.93. The van der Waals surface area contributed by atoms with Gasteiger partial charge in [0.05, 0.1) is 22.4 Å². The molecule has 0 aliphatic carbocycles. The minimum atomic E-state index is -0.404. The van der Waals surface area contributed by atoms with Gasteiger partial charge < -0.3 is 5.32 Å². The number of nitrogens with zero attached hydrogens (tertiary/aromatic N) is 6. The molecular weight excluding hydrogens is 505 g/mol. The highest BCUT2D eigenvalue weighted by Crippen LogP contribution is 2.23. The normalized spacial score (nSPS) is 11.1. The third-order valence-corrected chi connectivity index (χ3v) is 6.48. The number of nitrogens with one attached hydrogen (secondary N) is 1. The van der Waals surface area contributed by atoms with Crippen molar-refractivity contribution >= 4 is 50.9 Å². The second kappa shape index (κ2) is 8.86. The summed E-state index contributed by atoms with van der Waals surface area (Å²) in [6.45, 7) is 4.70. The van der Waals surface area contributed by atoms with Gasteiger partial charge in [0.25, 0.3) is 5.91 Å². The lowest BCUT2D eigenvalue weighted by Gasteiger charge is -2.05. The lowest BCUT2D eigenvalue weighted by atomic mass is 10.2. The van der Waals surface area contributed by atoms with Crippen LogP contribution in [-0.4, -0.2) is 35.2 Å². The van der Waals surface area contributed by atoms with Crippen molar-refractivity contribution in [3.63, 3.8) is 0 Å². The van der Waals surface area contributed by atoms with E-state index < -0.39 is 5.91 Å². The minimum Gasteiger partial charge on any atom is -0.302 e. The summed E-state index contributed by atoms with van der Waals surface area (Å²) in [5.74, 6) is -0.145. The van der Waals surface area contributed by atoms with Crippen LogP contribution in [0.25, 0.3) is 0 Å². The van der Waals surface area contributed by atoms with Gasteiger partial charge in [0.1, 0.15) is 11.7 Å². The average Bonchev–Trinajstić information content (AvgIpc) is 3.40. The largest absolute Gasteiger partial charge is 0.302 e. The van der Waals surface area contributed by atoms with Gasteiger partial charge in [-0.1, -0.05) is 41.4 Å². The van der Waals surface area contributed by atoms with Gasteiger partial charge in [0, 0.05) is 17.4 Å². The molecule has 0 aliphatic rings. The van der Waals surface area contributed by atoms with E-state index >= 15 is 0 Å². The Hall–Kier alpha value is -2.62. The molecule has 0 spiro atoms. The van der Waals surface area contributed by atoms with Crippen molar-refractivity contribution < 1.29 is 4.79 Å². The van der Waals surface area contributed by atoms with E-state index in [9.17, 15) is 4.79 Å². The predicted molar refractivity (Wildman–Crippen MR) is 123 cm³/mol. The van der Waals surface area contributed by atoms with Crippen molar-refractivity contribution in [2.75, 3.05) is 5.32 Å². The zero-order chi connectivity index (χ0) is 22.1. The van der Waals surface area contributed by atoms with E-state index in [2.05, 4.69) is 36.5 Å². The Balaban J connectivity index is 1.45. The van der Waals surface area contributed by atoms with E-state index in [-0.39, 0.29) is 11.5 Å². The third kappa shape index (κ3) is 4.68. The summed E-state index contributed by atoms with van der Waals surface area (Å²) in [5, 5.41) is 16.8. The maximum Gasteiger partial charge on any atom is 0.277 e. The molecule has 3 aromatic heterocycles. The molecule has 0 radical (unpaired) electrons. The van der Waals surface area contributed by atoms with E-state index in [4.69, 9.17) is 23.2 Å². The van der Waals surface area contributed by atoms with Crippen molar-refractivity contribution in [1.82, 2.24) is 29.3 Å². The van der Waals surface area contributed by atoms with Gasteiger partial charge >= 0.3 is 0 Å². The SMILES string of the molecule is Cc1nn(Cn2ccc(C(=O)Nc3nn(Cc4ccccc4Cl)cc3Cl)n2)c(C)c1Br. The first-order valence-corrected chi connectivity index (χ1v) is 10.9. The fourth-order valence-electron chi connectivity index (χ4n) is 3.05. The van der Waals surface area contributed by atoms with E-state index in [1.165, 1.54) is 0 Å². The number of carbonyl (C=O) groups is 1. The number of amides is 1. The first-order chi connectivity index (χ1) is 14.8. The highest BCUT2D eigenvalue weighted by molar-refractivity contribution is 9.10. The summed E-state index contributed by atoms with van der Waals surface area (Å²) >= 11 is 16.0. The maximum absolute atomic E-state index is 12.6. The number of carbonyl (C=O) groups excluding carboxylic acids is 1. The lowest BCUT2D eigenvalue weighted by molar-refractivity contribution is 0.102. The van der Waals surface area contributed by atoms with Crippen LogP contribution in [0.15, 0.2) is 47.2 Å². The summed E-state index contributed by atoms with van der Waals surface area (Å²) in [5.41, 5.74) is 3.02. The molecule has 0 bridgehead atoms. The van der Waals surface area contributed by atoms with Crippen LogP contribution in [-0.2, 0) is 13.2 Å². The van der Waals surface area contributed by atoms with Crippen molar-refractivity contribution in [3.8, 4) is 0 Å². The van der Waals surface area contributed by atoms with Gasteiger partial charge in [-0.2, -0.15) is 15.3 Å². The quantitative estimate of drug-likeness (QED) is 0.395. The molecule has 1 amide bonds. The zero-order valence-corrected chi connectivity index (χ0v) is 19.8. The van der Waals surface area contributed by atoms with Crippen molar-refractivity contribution in [3.05, 3.63) is 79.9 Å². The molecule has 0 fully saturated rings. The van der Waals surface area contributed by atoms with Crippen LogP contribution >= 0.6 is 39.1 Å². The van der Waals surface area contributed by atoms with E-state index in [0.29, 0.717) is 23.3 Å². The molecule has 4 aromatic rings. The highest BCUT2D eigenvalue weighted by atomic mass is 79.9. The van der Waals surface area contributed by atoms with Gasteiger partial charge in [-0.05, 0) is 47.5 Å². The minimum absolute atomic E-state index is 0.248. The summed E-state index contributed by atoms with van der Waals surface area (Å²) in [6.07, 6.45) is 3.36. The molecule has 0 unspecified atom stereocenters. The van der Waals surface area contributed by atoms with Crippen LogP contribution in [0.4, 0.5) is 5.82 Å². The Morgan fingerprint density at radius 3 is 2.55 bits per heavy atom. The lowest BCUT2D eigenvalue weighted by Crippen LogP contribution is -2.16. The Bertz CT molecular complexity index is 1260. The molecule has 0 atom stereocenters. The number of halogens is 3. The van der Waals surface area contributed by atoms with Gasteiger partial charge in [0.15, 0.2) is 11.5 Å². The van der Waals surface area contributed by atoms with E-state index in [1.807, 2.05) is 38.1 Å². The molecule has 0 saturated carbocycles. The topological polar surface area (TPSA) is 82.6 Å². The Morgan fingerprint density at radius 2 is 1.84 bits per heavy atom. The number of aromatic nitrogens is 6. The summed E-state index contributed by atoms with van der Waals surface area (Å²) in [7, 11) is 0. The van der Waals surface area contributed by atoms with Crippen LogP contribution in [0.1, 0.15) is 27.4 Å². The molecule has 4 rings (SSSR count). The number of aryl methyl sites for hydroxylation is 1. The van der Waals surface area contributed by atoms with Crippen LogP contribution in [0.2, 0.25) is 10.0 Å². The van der Waals surface area contributed by atoms with Gasteiger partial charge in [-0.15, -0.1) is 0 Å². The van der Waals surface area contributed by atoms with Crippen LogP contribution in [0, 0.1) is 13.8 Å². The number of hydrogen-bond acceptors (Lipinski definition) is 4. The third-order valence-electron chi connectivity index (χ3n) is 4.68. The molecule has 1 aromatic carbocycles. The molecule has 0 saturated heterocycles. The molecule has 31 heavy (non-hydrogen) atoms. The molecule has 0 aliphatic heterocycles. The average molecular weight is 523 g/mol. The second-order valence-corrected chi connectivity index (χ2v) is 8.54. The van der Waals surface area contributed by atoms with Crippen LogP contribution in [0.5, 0.6) is 0 Å². The molecule has 8 nitrogen and oxygen atoms in total. The standard InChI is InChI=1S/C20H18BrCl2N7O/c1-12-18(21)13(2)30(25-12)11-28-8-7-17(26-28)20(31)24-19-16(23)10-29(27-19)9-14-5-3-4-6-15(14)22/h3-8,10H,9,11H2,1-2H3,(H,24,27,31).